The van der Waals surface area contributed by atoms with Crippen molar-refractivity contribution in [3.63, 3.8) is 0 Å². The van der Waals surface area contributed by atoms with Crippen molar-refractivity contribution < 1.29 is 17.9 Å². The van der Waals surface area contributed by atoms with E-state index >= 15 is 0 Å². The number of carbonyl (C=O) groups excluding carboxylic acids is 1. The van der Waals surface area contributed by atoms with E-state index < -0.39 is 10.0 Å². The Morgan fingerprint density at radius 1 is 1.38 bits per heavy atom. The smallest absolute Gasteiger partial charge is 0.242 e. The van der Waals surface area contributed by atoms with Gasteiger partial charge >= 0.3 is 0 Å². The molecule has 1 saturated heterocycles. The standard InChI is InChI=1S/C13H17BrN2O4S/c1-20-12-8-10(15-21(18,19)9-14)5-6-11(12)16-7-3-2-4-13(16)17/h5-6,8,15H,2-4,7,9H2,1H3. The summed E-state index contributed by atoms with van der Waals surface area (Å²) in [4.78, 5) is 13.7. The van der Waals surface area contributed by atoms with Crippen molar-refractivity contribution in [1.29, 1.82) is 0 Å². The van der Waals surface area contributed by atoms with Crippen molar-refractivity contribution in [2.75, 3.05) is 27.9 Å². The minimum atomic E-state index is -3.42. The molecule has 6 nitrogen and oxygen atoms in total. The van der Waals surface area contributed by atoms with Gasteiger partial charge in [-0.05, 0) is 25.0 Å². The Hall–Kier alpha value is -1.28. The first-order valence-electron chi connectivity index (χ1n) is 6.51. The number of carbonyl (C=O) groups is 1. The number of halogens is 1. The molecule has 116 valence electrons. The minimum Gasteiger partial charge on any atom is -0.494 e. The third kappa shape index (κ3) is 3.88. The maximum absolute atomic E-state index is 12.0. The molecule has 1 fully saturated rings. The second-order valence-corrected chi connectivity index (χ2v) is 7.74. The highest BCUT2D eigenvalue weighted by Crippen LogP contribution is 2.33. The highest BCUT2D eigenvalue weighted by molar-refractivity contribution is 9.10. The fraction of sp³-hybridized carbons (Fsp3) is 0.462. The predicted molar refractivity (Wildman–Crippen MR) is 85.5 cm³/mol. The Morgan fingerprint density at radius 3 is 2.76 bits per heavy atom. The lowest BCUT2D eigenvalue weighted by Crippen LogP contribution is -2.35. The van der Waals surface area contributed by atoms with Gasteiger partial charge in [0.1, 0.15) is 10.4 Å². The zero-order chi connectivity index (χ0) is 15.5. The molecular weight excluding hydrogens is 360 g/mol. The number of amides is 1. The van der Waals surface area contributed by atoms with E-state index in [1.54, 1.807) is 23.1 Å². The van der Waals surface area contributed by atoms with Crippen LogP contribution in [0.25, 0.3) is 0 Å². The second-order valence-electron chi connectivity index (χ2n) is 4.72. The van der Waals surface area contributed by atoms with E-state index in [0.717, 1.165) is 12.8 Å². The van der Waals surface area contributed by atoms with Crippen LogP contribution in [0, 0.1) is 0 Å². The monoisotopic (exact) mass is 376 g/mol. The number of nitrogens with zero attached hydrogens (tertiary/aromatic N) is 1. The number of piperidine rings is 1. The minimum absolute atomic E-state index is 0.0633. The molecule has 21 heavy (non-hydrogen) atoms. The summed E-state index contributed by atoms with van der Waals surface area (Å²) >= 11 is 2.91. The molecule has 1 aliphatic rings. The van der Waals surface area contributed by atoms with Gasteiger partial charge in [0.2, 0.25) is 15.9 Å². The van der Waals surface area contributed by atoms with E-state index in [2.05, 4.69) is 20.7 Å². The third-order valence-corrected chi connectivity index (χ3v) is 5.85. The summed E-state index contributed by atoms with van der Waals surface area (Å²) in [6.45, 7) is 0.654. The number of anilines is 2. The average Bonchev–Trinajstić information content (AvgIpc) is 2.47. The zero-order valence-corrected chi connectivity index (χ0v) is 14.0. The molecule has 0 saturated carbocycles. The fourth-order valence-electron chi connectivity index (χ4n) is 2.23. The Labute approximate surface area is 132 Å². The molecule has 8 heteroatoms. The number of alkyl halides is 1. The van der Waals surface area contributed by atoms with Crippen LogP contribution >= 0.6 is 15.9 Å². The van der Waals surface area contributed by atoms with Gasteiger partial charge in [0.05, 0.1) is 18.5 Å². The van der Waals surface area contributed by atoms with Gasteiger partial charge in [-0.3, -0.25) is 9.52 Å². The summed E-state index contributed by atoms with van der Waals surface area (Å²) in [5.74, 6) is 0.536. The number of hydrogen-bond donors (Lipinski definition) is 1. The molecule has 1 aromatic rings. The van der Waals surface area contributed by atoms with Gasteiger partial charge in [0.25, 0.3) is 0 Å². The molecule has 0 aliphatic carbocycles. The average molecular weight is 377 g/mol. The van der Waals surface area contributed by atoms with Crippen molar-refractivity contribution in [3.8, 4) is 5.75 Å². The number of methoxy groups -OCH3 is 1. The van der Waals surface area contributed by atoms with Gasteiger partial charge in [-0.25, -0.2) is 8.42 Å². The molecule has 0 aromatic heterocycles. The van der Waals surface area contributed by atoms with Gasteiger partial charge in [0.15, 0.2) is 0 Å². The summed E-state index contributed by atoms with van der Waals surface area (Å²) in [7, 11) is -1.92. The van der Waals surface area contributed by atoms with Crippen molar-refractivity contribution >= 4 is 43.2 Å². The van der Waals surface area contributed by atoms with Gasteiger partial charge in [0, 0.05) is 19.0 Å². The maximum Gasteiger partial charge on any atom is 0.242 e. The van der Waals surface area contributed by atoms with E-state index in [4.69, 9.17) is 4.74 Å². The molecule has 2 rings (SSSR count). The highest BCUT2D eigenvalue weighted by atomic mass is 79.9. The molecule has 1 aromatic carbocycles. The molecule has 0 atom stereocenters. The lowest BCUT2D eigenvalue weighted by atomic mass is 10.1. The summed E-state index contributed by atoms with van der Waals surface area (Å²) in [5.41, 5.74) is 1.07. The van der Waals surface area contributed by atoms with Crippen molar-refractivity contribution in [1.82, 2.24) is 0 Å². The Bertz CT molecular complexity index is 633. The number of sulfonamides is 1. The van der Waals surface area contributed by atoms with Gasteiger partial charge in [-0.2, -0.15) is 0 Å². The third-order valence-electron chi connectivity index (χ3n) is 3.21. The number of hydrogen-bond acceptors (Lipinski definition) is 4. The summed E-state index contributed by atoms with van der Waals surface area (Å²) in [6, 6.07) is 4.91. The van der Waals surface area contributed by atoms with E-state index in [1.165, 1.54) is 7.11 Å². The Morgan fingerprint density at radius 2 is 2.14 bits per heavy atom. The zero-order valence-electron chi connectivity index (χ0n) is 11.6. The van der Waals surface area contributed by atoms with E-state index in [1.807, 2.05) is 0 Å². The SMILES string of the molecule is COc1cc(NS(=O)(=O)CBr)ccc1N1CCCCC1=O. The number of nitrogens with one attached hydrogen (secondary N) is 1. The van der Waals surface area contributed by atoms with Crippen LogP contribution in [0.2, 0.25) is 0 Å². The summed E-state index contributed by atoms with van der Waals surface area (Å²) in [5, 5.41) is 0. The predicted octanol–water partition coefficient (Wildman–Crippen LogP) is 2.31. The van der Waals surface area contributed by atoms with Crippen LogP contribution in [0.1, 0.15) is 19.3 Å². The van der Waals surface area contributed by atoms with Crippen LogP contribution in [-0.2, 0) is 14.8 Å². The largest absolute Gasteiger partial charge is 0.494 e. The quantitative estimate of drug-likeness (QED) is 0.799. The Kier molecular flexibility index (Phi) is 5.10. The van der Waals surface area contributed by atoms with E-state index in [9.17, 15) is 13.2 Å². The van der Waals surface area contributed by atoms with Gasteiger partial charge < -0.3 is 9.64 Å². The molecule has 0 bridgehead atoms. The maximum atomic E-state index is 12.0. The molecule has 1 heterocycles. The van der Waals surface area contributed by atoms with Crippen LogP contribution in [-0.4, -0.2) is 32.6 Å². The first-order valence-corrected chi connectivity index (χ1v) is 9.29. The van der Waals surface area contributed by atoms with Crippen LogP contribution in [0.4, 0.5) is 11.4 Å². The molecular formula is C13H17BrN2O4S. The first kappa shape index (κ1) is 16.1. The molecule has 0 spiro atoms. The van der Waals surface area contributed by atoms with E-state index in [0.29, 0.717) is 30.1 Å². The summed E-state index contributed by atoms with van der Waals surface area (Å²) in [6.07, 6.45) is 2.38. The normalized spacial score (nSPS) is 15.9. The van der Waals surface area contributed by atoms with Crippen LogP contribution in [0.5, 0.6) is 5.75 Å². The van der Waals surface area contributed by atoms with Crippen LogP contribution < -0.4 is 14.4 Å². The molecule has 0 radical (unpaired) electrons. The topological polar surface area (TPSA) is 75.7 Å². The molecule has 1 aliphatic heterocycles. The van der Waals surface area contributed by atoms with Crippen molar-refractivity contribution in [3.05, 3.63) is 18.2 Å². The van der Waals surface area contributed by atoms with Crippen molar-refractivity contribution in [2.45, 2.75) is 19.3 Å². The van der Waals surface area contributed by atoms with Gasteiger partial charge in [-0.15, -0.1) is 0 Å². The second kappa shape index (κ2) is 6.65. The van der Waals surface area contributed by atoms with E-state index in [-0.39, 0.29) is 10.6 Å². The van der Waals surface area contributed by atoms with Crippen LogP contribution in [0.15, 0.2) is 18.2 Å². The fourth-order valence-corrected chi connectivity index (χ4v) is 3.12. The lowest BCUT2D eigenvalue weighted by Gasteiger charge is -2.28. The highest BCUT2D eigenvalue weighted by Gasteiger charge is 2.23. The number of ether oxygens (including phenoxy) is 1. The van der Waals surface area contributed by atoms with Crippen LogP contribution in [0.3, 0.4) is 0 Å². The molecule has 0 unspecified atom stereocenters. The number of rotatable bonds is 5. The lowest BCUT2D eigenvalue weighted by molar-refractivity contribution is -0.119. The van der Waals surface area contributed by atoms with Gasteiger partial charge in [-0.1, -0.05) is 15.9 Å². The summed E-state index contributed by atoms with van der Waals surface area (Å²) < 4.78 is 30.6. The molecule has 1 N–H and O–H groups in total. The first-order chi connectivity index (χ1) is 9.96. The van der Waals surface area contributed by atoms with Crippen molar-refractivity contribution in [2.24, 2.45) is 0 Å². The Balaban J connectivity index is 2.30. The molecule has 1 amide bonds. The number of benzene rings is 1.